The molecule has 142 valence electrons. The molecule has 0 spiro atoms. The first-order valence-corrected chi connectivity index (χ1v) is 9.87. The Kier molecular flexibility index (Phi) is 5.39. The highest BCUT2D eigenvalue weighted by Crippen LogP contribution is 2.23. The van der Waals surface area contributed by atoms with Gasteiger partial charge in [-0.05, 0) is 36.6 Å². The lowest BCUT2D eigenvalue weighted by Crippen LogP contribution is -2.51. The molecule has 1 atom stereocenters. The van der Waals surface area contributed by atoms with Crippen LogP contribution in [0.5, 0.6) is 5.75 Å². The van der Waals surface area contributed by atoms with Crippen LogP contribution in [0.25, 0.3) is 0 Å². The largest absolute Gasteiger partial charge is 0.489 e. The van der Waals surface area contributed by atoms with E-state index in [9.17, 15) is 4.79 Å². The molecule has 0 unspecified atom stereocenters. The molecule has 1 saturated heterocycles. The Hall–Kier alpha value is -2.40. The van der Waals surface area contributed by atoms with Crippen LogP contribution >= 0.6 is 0 Å². The predicted octanol–water partition coefficient (Wildman–Crippen LogP) is 2.90. The summed E-state index contributed by atoms with van der Waals surface area (Å²) in [5.41, 5.74) is 2.77. The van der Waals surface area contributed by atoms with Gasteiger partial charge in [-0.1, -0.05) is 24.3 Å². The van der Waals surface area contributed by atoms with Crippen LogP contribution < -0.4 is 4.74 Å². The summed E-state index contributed by atoms with van der Waals surface area (Å²) in [5.74, 6) is 1.05. The fourth-order valence-electron chi connectivity index (χ4n) is 4.07. The number of carbonyl (C=O) groups is 1. The van der Waals surface area contributed by atoms with Crippen molar-refractivity contribution in [1.29, 1.82) is 0 Å². The average Bonchev–Trinajstić information content (AvgIpc) is 2.73. The summed E-state index contributed by atoms with van der Waals surface area (Å²) in [5, 5.41) is 0. The molecule has 1 amide bonds. The van der Waals surface area contributed by atoms with Crippen LogP contribution in [0.2, 0.25) is 0 Å². The molecule has 0 radical (unpaired) electrons. The first kappa shape index (κ1) is 18.0. The van der Waals surface area contributed by atoms with Crippen LogP contribution in [-0.4, -0.2) is 52.5 Å². The van der Waals surface area contributed by atoms with Gasteiger partial charge in [-0.25, -0.2) is 0 Å². The monoisotopic (exact) mass is 365 g/mol. The van der Waals surface area contributed by atoms with E-state index in [1.54, 1.807) is 12.4 Å². The molecular formula is C22H27N3O2. The van der Waals surface area contributed by atoms with Crippen LogP contribution in [0.3, 0.4) is 0 Å². The number of hydrogen-bond acceptors (Lipinski definition) is 4. The van der Waals surface area contributed by atoms with E-state index in [1.807, 2.05) is 17.0 Å². The van der Waals surface area contributed by atoms with Gasteiger partial charge in [0.2, 0.25) is 5.91 Å². The summed E-state index contributed by atoms with van der Waals surface area (Å²) >= 11 is 0. The molecule has 1 fully saturated rings. The van der Waals surface area contributed by atoms with Crippen molar-refractivity contribution in [2.75, 3.05) is 19.6 Å². The Balaban J connectivity index is 1.30. The van der Waals surface area contributed by atoms with Gasteiger partial charge in [-0.15, -0.1) is 0 Å². The van der Waals surface area contributed by atoms with Gasteiger partial charge >= 0.3 is 0 Å². The molecule has 1 aromatic carbocycles. The van der Waals surface area contributed by atoms with Crippen molar-refractivity contribution >= 4 is 5.91 Å². The zero-order valence-corrected chi connectivity index (χ0v) is 15.9. The fraction of sp³-hybridized carbons (Fsp3) is 0.455. The fourth-order valence-corrected chi connectivity index (χ4v) is 4.07. The van der Waals surface area contributed by atoms with Crippen LogP contribution in [-0.2, 0) is 17.8 Å². The smallest absolute Gasteiger partial charge is 0.239 e. The lowest BCUT2D eigenvalue weighted by molar-refractivity contribution is -0.138. The van der Waals surface area contributed by atoms with Crippen LogP contribution in [0.1, 0.15) is 30.9 Å². The van der Waals surface area contributed by atoms with E-state index in [4.69, 9.17) is 4.74 Å². The number of carbonyl (C=O) groups excluding carboxylic acids is 1. The van der Waals surface area contributed by atoms with E-state index >= 15 is 0 Å². The number of aromatic nitrogens is 1. The highest BCUT2D eigenvalue weighted by molar-refractivity contribution is 5.81. The second-order valence-electron chi connectivity index (χ2n) is 7.50. The summed E-state index contributed by atoms with van der Waals surface area (Å²) in [6.07, 6.45) is 6.42. The van der Waals surface area contributed by atoms with Crippen molar-refractivity contribution in [3.8, 4) is 5.75 Å². The topological polar surface area (TPSA) is 45.7 Å². The molecular weight excluding hydrogens is 338 g/mol. The molecule has 0 aliphatic carbocycles. The SMILES string of the molecule is C[C@@H](C(=O)N1CCC(Oc2cccnc2)CC1)N1CCc2ccccc2C1. The van der Waals surface area contributed by atoms with Gasteiger partial charge in [-0.2, -0.15) is 0 Å². The maximum Gasteiger partial charge on any atom is 0.239 e. The molecule has 0 saturated carbocycles. The molecule has 2 aromatic rings. The molecule has 0 bridgehead atoms. The quantitative estimate of drug-likeness (QED) is 0.836. The number of amides is 1. The van der Waals surface area contributed by atoms with E-state index in [1.165, 1.54) is 11.1 Å². The summed E-state index contributed by atoms with van der Waals surface area (Å²) in [7, 11) is 0. The molecule has 2 aliphatic rings. The van der Waals surface area contributed by atoms with Gasteiger partial charge in [0, 0.05) is 45.2 Å². The van der Waals surface area contributed by atoms with Gasteiger partial charge in [0.1, 0.15) is 11.9 Å². The number of piperidine rings is 1. The number of fused-ring (bicyclic) bond motifs is 1. The first-order chi connectivity index (χ1) is 13.2. The number of pyridine rings is 1. The third-order valence-corrected chi connectivity index (χ3v) is 5.76. The summed E-state index contributed by atoms with van der Waals surface area (Å²) in [4.78, 5) is 21.4. The number of rotatable bonds is 4. The highest BCUT2D eigenvalue weighted by atomic mass is 16.5. The van der Waals surface area contributed by atoms with E-state index in [0.29, 0.717) is 0 Å². The Labute approximate surface area is 161 Å². The molecule has 2 aliphatic heterocycles. The van der Waals surface area contributed by atoms with Gasteiger partial charge < -0.3 is 9.64 Å². The minimum Gasteiger partial charge on any atom is -0.489 e. The molecule has 3 heterocycles. The number of hydrogen-bond donors (Lipinski definition) is 0. The Bertz CT molecular complexity index is 772. The number of nitrogens with zero attached hydrogens (tertiary/aromatic N) is 3. The summed E-state index contributed by atoms with van der Waals surface area (Å²) in [6.45, 7) is 5.39. The van der Waals surface area contributed by atoms with Crippen molar-refractivity contribution < 1.29 is 9.53 Å². The molecule has 27 heavy (non-hydrogen) atoms. The lowest BCUT2D eigenvalue weighted by atomic mass is 9.98. The van der Waals surface area contributed by atoms with Gasteiger partial charge in [-0.3, -0.25) is 14.7 Å². The summed E-state index contributed by atoms with van der Waals surface area (Å²) in [6, 6.07) is 12.3. The molecule has 5 nitrogen and oxygen atoms in total. The van der Waals surface area contributed by atoms with E-state index in [2.05, 4.69) is 41.1 Å². The third-order valence-electron chi connectivity index (χ3n) is 5.76. The minimum atomic E-state index is -0.0749. The third kappa shape index (κ3) is 4.14. The second kappa shape index (κ2) is 8.09. The van der Waals surface area contributed by atoms with Gasteiger partial charge in [0.15, 0.2) is 0 Å². The van der Waals surface area contributed by atoms with Crippen molar-refractivity contribution in [2.45, 2.75) is 44.9 Å². The van der Waals surface area contributed by atoms with Crippen molar-refractivity contribution in [3.05, 3.63) is 59.9 Å². The number of ether oxygens (including phenoxy) is 1. The summed E-state index contributed by atoms with van der Waals surface area (Å²) < 4.78 is 5.99. The number of likely N-dealkylation sites (tertiary alicyclic amines) is 1. The van der Waals surface area contributed by atoms with Gasteiger partial charge in [0.05, 0.1) is 12.2 Å². The first-order valence-electron chi connectivity index (χ1n) is 9.87. The van der Waals surface area contributed by atoms with E-state index < -0.39 is 0 Å². The maximum absolute atomic E-state index is 13.0. The van der Waals surface area contributed by atoms with Crippen LogP contribution in [0.15, 0.2) is 48.8 Å². The minimum absolute atomic E-state index is 0.0749. The average molecular weight is 365 g/mol. The van der Waals surface area contributed by atoms with Gasteiger partial charge in [0.25, 0.3) is 0 Å². The van der Waals surface area contributed by atoms with E-state index in [-0.39, 0.29) is 18.1 Å². The molecule has 5 heteroatoms. The van der Waals surface area contributed by atoms with Crippen molar-refractivity contribution in [3.63, 3.8) is 0 Å². The van der Waals surface area contributed by atoms with E-state index in [0.717, 1.165) is 51.2 Å². The Morgan fingerprint density at radius 2 is 1.89 bits per heavy atom. The zero-order chi connectivity index (χ0) is 18.6. The van der Waals surface area contributed by atoms with Crippen molar-refractivity contribution in [1.82, 2.24) is 14.8 Å². The van der Waals surface area contributed by atoms with Crippen molar-refractivity contribution in [2.24, 2.45) is 0 Å². The zero-order valence-electron chi connectivity index (χ0n) is 15.9. The number of benzene rings is 1. The maximum atomic E-state index is 13.0. The second-order valence-corrected chi connectivity index (χ2v) is 7.50. The van der Waals surface area contributed by atoms with Crippen LogP contribution in [0.4, 0.5) is 0 Å². The standard InChI is InChI=1S/C22H27N3O2/c1-17(25-12-8-18-5-2-3-6-19(18)16-25)22(26)24-13-9-20(10-14-24)27-21-7-4-11-23-15-21/h2-7,11,15,17,20H,8-10,12-14,16H2,1H3/t17-/m0/s1. The highest BCUT2D eigenvalue weighted by Gasteiger charge is 2.31. The predicted molar refractivity (Wildman–Crippen MR) is 104 cm³/mol. The molecule has 0 N–H and O–H groups in total. The van der Waals surface area contributed by atoms with Crippen LogP contribution in [0, 0.1) is 0 Å². The lowest BCUT2D eigenvalue weighted by Gasteiger charge is -2.38. The Morgan fingerprint density at radius 1 is 1.11 bits per heavy atom. The molecule has 1 aromatic heterocycles. The Morgan fingerprint density at radius 3 is 2.63 bits per heavy atom. The normalized spacial score (nSPS) is 19.4. The molecule has 4 rings (SSSR count).